The second kappa shape index (κ2) is 7.52. The maximum atomic E-state index is 14.3. The molecule has 1 fully saturated rings. The first-order chi connectivity index (χ1) is 15.4. The lowest BCUT2D eigenvalue weighted by molar-refractivity contribution is -0.119. The zero-order valence-corrected chi connectivity index (χ0v) is 16.6. The molecule has 1 amide bonds. The monoisotopic (exact) mass is 437 g/mol. The fourth-order valence-electron chi connectivity index (χ4n) is 3.35. The number of carbonyl (C=O) groups excluding carboxylic acids is 1. The highest BCUT2D eigenvalue weighted by Gasteiger charge is 2.49. The molecule has 3 heterocycles. The SMILES string of the molecule is NC(=O)C1(Nc2nc(-c3cc(-c4ccon4)n(Cc4ccccc4F)n3)ncc2F)CC1. The summed E-state index contributed by atoms with van der Waals surface area (Å²) in [5.41, 5.74) is 6.17. The van der Waals surface area contributed by atoms with Crippen molar-refractivity contribution >= 4 is 11.7 Å². The lowest BCUT2D eigenvalue weighted by atomic mass is 10.2. The third-order valence-corrected chi connectivity index (χ3v) is 5.31. The van der Waals surface area contributed by atoms with Gasteiger partial charge in [-0.1, -0.05) is 23.4 Å². The number of anilines is 1. The standard InChI is InChI=1S/C21H17F2N7O2/c22-13-4-2-1-3-12(13)11-30-17(15-5-8-32-29-15)9-16(28-30)19-25-10-14(23)18(26-19)27-21(6-7-21)20(24)31/h1-5,8-10H,6-7,11H2,(H2,24,31)(H,25,26,27). The highest BCUT2D eigenvalue weighted by Crippen LogP contribution is 2.39. The highest BCUT2D eigenvalue weighted by atomic mass is 19.1. The molecular formula is C21H17F2N7O2. The third kappa shape index (κ3) is 3.57. The molecule has 5 rings (SSSR count). The van der Waals surface area contributed by atoms with Gasteiger partial charge in [0.25, 0.3) is 0 Å². The van der Waals surface area contributed by atoms with Crippen LogP contribution in [0.1, 0.15) is 18.4 Å². The molecule has 0 spiro atoms. The normalized spacial score (nSPS) is 14.3. The number of rotatable bonds is 7. The second-order valence-electron chi connectivity index (χ2n) is 7.51. The Kier molecular flexibility index (Phi) is 4.65. The van der Waals surface area contributed by atoms with Crippen LogP contribution in [0, 0.1) is 11.6 Å². The van der Waals surface area contributed by atoms with Gasteiger partial charge < -0.3 is 15.6 Å². The number of halogens is 2. The van der Waals surface area contributed by atoms with Gasteiger partial charge in [-0.3, -0.25) is 9.48 Å². The van der Waals surface area contributed by atoms with E-state index in [0.29, 0.717) is 35.5 Å². The summed E-state index contributed by atoms with van der Waals surface area (Å²) in [7, 11) is 0. The van der Waals surface area contributed by atoms with Crippen LogP contribution >= 0.6 is 0 Å². The number of carbonyl (C=O) groups is 1. The van der Waals surface area contributed by atoms with Crippen molar-refractivity contribution in [3.63, 3.8) is 0 Å². The fourth-order valence-corrected chi connectivity index (χ4v) is 3.35. The maximum absolute atomic E-state index is 14.3. The van der Waals surface area contributed by atoms with Crippen molar-refractivity contribution in [3.05, 3.63) is 66.1 Å². The largest absolute Gasteiger partial charge is 0.368 e. The number of hydrogen-bond donors (Lipinski definition) is 2. The molecular weight excluding hydrogens is 420 g/mol. The Hall–Kier alpha value is -4.15. The minimum absolute atomic E-state index is 0.117. The van der Waals surface area contributed by atoms with Gasteiger partial charge in [0.2, 0.25) is 5.91 Å². The Balaban J connectivity index is 1.54. The molecule has 1 aromatic carbocycles. The van der Waals surface area contributed by atoms with Crippen LogP contribution in [0.15, 0.2) is 53.4 Å². The Morgan fingerprint density at radius 1 is 1.19 bits per heavy atom. The van der Waals surface area contributed by atoms with E-state index in [1.807, 2.05) is 0 Å². The number of nitrogens with zero attached hydrogens (tertiary/aromatic N) is 5. The summed E-state index contributed by atoms with van der Waals surface area (Å²) in [6.45, 7) is 0.117. The summed E-state index contributed by atoms with van der Waals surface area (Å²) < 4.78 is 35.0. The Morgan fingerprint density at radius 2 is 2.00 bits per heavy atom. The maximum Gasteiger partial charge on any atom is 0.243 e. The lowest BCUT2D eigenvalue weighted by Crippen LogP contribution is -2.38. The van der Waals surface area contributed by atoms with Gasteiger partial charge in [0.1, 0.15) is 29.0 Å². The van der Waals surface area contributed by atoms with Crippen LogP contribution < -0.4 is 11.1 Å². The number of amides is 1. The van der Waals surface area contributed by atoms with E-state index in [1.165, 1.54) is 17.0 Å². The van der Waals surface area contributed by atoms with Crippen molar-refractivity contribution in [3.8, 4) is 22.9 Å². The molecule has 3 aromatic heterocycles. The first-order valence-electron chi connectivity index (χ1n) is 9.78. The highest BCUT2D eigenvalue weighted by molar-refractivity contribution is 5.91. The van der Waals surface area contributed by atoms with Crippen molar-refractivity contribution in [2.45, 2.75) is 24.9 Å². The topological polar surface area (TPSA) is 125 Å². The van der Waals surface area contributed by atoms with Gasteiger partial charge in [-0.25, -0.2) is 18.7 Å². The predicted octanol–water partition coefficient (Wildman–Crippen LogP) is 2.75. The van der Waals surface area contributed by atoms with Crippen molar-refractivity contribution in [2.75, 3.05) is 5.32 Å². The van der Waals surface area contributed by atoms with E-state index in [4.69, 9.17) is 10.3 Å². The first-order valence-corrected chi connectivity index (χ1v) is 9.78. The molecule has 0 aliphatic heterocycles. The molecule has 1 saturated carbocycles. The molecule has 11 heteroatoms. The lowest BCUT2D eigenvalue weighted by Gasteiger charge is -2.14. The number of nitrogens with two attached hydrogens (primary N) is 1. The van der Waals surface area contributed by atoms with E-state index in [9.17, 15) is 13.6 Å². The quantitative estimate of drug-likeness (QED) is 0.455. The Labute approximate surface area is 180 Å². The summed E-state index contributed by atoms with van der Waals surface area (Å²) in [5, 5.41) is 11.2. The van der Waals surface area contributed by atoms with E-state index in [-0.39, 0.29) is 24.0 Å². The van der Waals surface area contributed by atoms with Gasteiger partial charge in [-0.2, -0.15) is 5.10 Å². The van der Waals surface area contributed by atoms with Gasteiger partial charge in [0.05, 0.1) is 18.4 Å². The number of primary amides is 1. The van der Waals surface area contributed by atoms with Gasteiger partial charge in [0.15, 0.2) is 17.5 Å². The van der Waals surface area contributed by atoms with Crippen LogP contribution in [0.4, 0.5) is 14.6 Å². The van der Waals surface area contributed by atoms with Gasteiger partial charge >= 0.3 is 0 Å². The van der Waals surface area contributed by atoms with Crippen molar-refractivity contribution in [1.29, 1.82) is 0 Å². The van der Waals surface area contributed by atoms with E-state index in [2.05, 4.69) is 25.5 Å². The van der Waals surface area contributed by atoms with Crippen LogP contribution in [0.2, 0.25) is 0 Å². The number of aromatic nitrogens is 5. The first kappa shape index (κ1) is 19.8. The molecule has 0 unspecified atom stereocenters. The molecule has 3 N–H and O–H groups in total. The van der Waals surface area contributed by atoms with Crippen molar-refractivity contribution in [2.24, 2.45) is 5.73 Å². The summed E-state index contributed by atoms with van der Waals surface area (Å²) in [6.07, 6.45) is 3.39. The zero-order valence-electron chi connectivity index (χ0n) is 16.6. The molecule has 1 aliphatic carbocycles. The second-order valence-corrected chi connectivity index (χ2v) is 7.51. The average Bonchev–Trinajstić information content (AvgIpc) is 3.18. The van der Waals surface area contributed by atoms with Gasteiger partial charge in [0, 0.05) is 11.6 Å². The minimum atomic E-state index is -0.997. The molecule has 162 valence electrons. The summed E-state index contributed by atoms with van der Waals surface area (Å²) in [5.74, 6) is -1.69. The molecule has 0 saturated heterocycles. The van der Waals surface area contributed by atoms with E-state index in [1.54, 1.807) is 30.3 Å². The number of nitrogens with one attached hydrogen (secondary N) is 1. The average molecular weight is 437 g/mol. The molecule has 4 aromatic rings. The summed E-state index contributed by atoms with van der Waals surface area (Å²) in [4.78, 5) is 19.9. The molecule has 0 atom stereocenters. The molecule has 0 radical (unpaired) electrons. The van der Waals surface area contributed by atoms with Crippen LogP contribution in [0.25, 0.3) is 22.9 Å². The number of hydrogen-bond acceptors (Lipinski definition) is 7. The molecule has 0 bridgehead atoms. The van der Waals surface area contributed by atoms with Crippen molar-refractivity contribution < 1.29 is 18.1 Å². The Bertz CT molecular complexity index is 1300. The van der Waals surface area contributed by atoms with E-state index < -0.39 is 17.3 Å². The third-order valence-electron chi connectivity index (χ3n) is 5.31. The summed E-state index contributed by atoms with van der Waals surface area (Å²) in [6, 6.07) is 9.64. The molecule has 32 heavy (non-hydrogen) atoms. The number of benzene rings is 1. The Morgan fingerprint density at radius 3 is 2.69 bits per heavy atom. The minimum Gasteiger partial charge on any atom is -0.368 e. The molecule has 9 nitrogen and oxygen atoms in total. The van der Waals surface area contributed by atoms with E-state index >= 15 is 0 Å². The van der Waals surface area contributed by atoms with Gasteiger partial charge in [-0.15, -0.1) is 0 Å². The van der Waals surface area contributed by atoms with Crippen LogP contribution in [-0.2, 0) is 11.3 Å². The summed E-state index contributed by atoms with van der Waals surface area (Å²) >= 11 is 0. The van der Waals surface area contributed by atoms with Gasteiger partial charge in [-0.05, 0) is 25.0 Å². The smallest absolute Gasteiger partial charge is 0.243 e. The predicted molar refractivity (Wildman–Crippen MR) is 109 cm³/mol. The fraction of sp³-hybridized carbons (Fsp3) is 0.190. The van der Waals surface area contributed by atoms with Crippen molar-refractivity contribution in [1.82, 2.24) is 24.9 Å². The van der Waals surface area contributed by atoms with Crippen LogP contribution in [0.3, 0.4) is 0 Å². The van der Waals surface area contributed by atoms with E-state index in [0.717, 1.165) is 6.20 Å². The van der Waals surface area contributed by atoms with Crippen LogP contribution in [0.5, 0.6) is 0 Å². The zero-order chi connectivity index (χ0) is 22.3. The molecule has 1 aliphatic rings. The van der Waals surface area contributed by atoms with Crippen LogP contribution in [-0.4, -0.2) is 36.4 Å².